The molecule has 0 bridgehead atoms. The van der Waals surface area contributed by atoms with Crippen LogP contribution in [0.15, 0.2) is 36.4 Å². The van der Waals surface area contributed by atoms with Crippen molar-refractivity contribution in [3.05, 3.63) is 59.2 Å². The number of rotatable bonds is 9. The summed E-state index contributed by atoms with van der Waals surface area (Å²) in [6.07, 6.45) is 10.4. The average Bonchev–Trinajstić information content (AvgIpc) is 2.79. The normalized spacial score (nSPS) is 18.6. The molecule has 0 aliphatic heterocycles. The molecule has 0 unspecified atom stereocenters. The van der Waals surface area contributed by atoms with Crippen LogP contribution in [-0.2, 0) is 0 Å². The number of thiocarbonyl (C=S) groups is 1. The van der Waals surface area contributed by atoms with E-state index >= 15 is 0 Å². The van der Waals surface area contributed by atoms with Crippen LogP contribution in [-0.4, -0.2) is 11.7 Å². The molecule has 0 heterocycles. The Morgan fingerprint density at radius 2 is 1.55 bits per heavy atom. The number of hydrogen-bond donors (Lipinski definition) is 0. The maximum Gasteiger partial charge on any atom is 0.205 e. The Balaban J connectivity index is 1.57. The van der Waals surface area contributed by atoms with Gasteiger partial charge in [-0.3, -0.25) is 0 Å². The SMILES string of the molecule is CCCCCC1CCC(c2ccc(C(=S)Oc3ccc(OCC)c(F)c3F)cc2)CC1. The summed E-state index contributed by atoms with van der Waals surface area (Å²) in [5.41, 5.74) is 2.00. The maximum absolute atomic E-state index is 14.3. The second-order valence-corrected chi connectivity index (χ2v) is 8.72. The monoisotopic (exact) mass is 446 g/mol. The number of benzene rings is 2. The summed E-state index contributed by atoms with van der Waals surface area (Å²) >= 11 is 5.31. The lowest BCUT2D eigenvalue weighted by atomic mass is 9.77. The third-order valence-electron chi connectivity index (χ3n) is 6.19. The molecular formula is C26H32F2O2S. The zero-order chi connectivity index (χ0) is 22.2. The van der Waals surface area contributed by atoms with E-state index in [0.29, 0.717) is 11.5 Å². The molecule has 2 nitrogen and oxygen atoms in total. The van der Waals surface area contributed by atoms with Crippen LogP contribution >= 0.6 is 12.2 Å². The Kier molecular flexibility index (Phi) is 8.82. The molecule has 2 aromatic rings. The minimum atomic E-state index is -1.10. The third kappa shape index (κ3) is 6.25. The second kappa shape index (κ2) is 11.6. The highest BCUT2D eigenvalue weighted by Gasteiger charge is 2.22. The van der Waals surface area contributed by atoms with Gasteiger partial charge in [-0.2, -0.15) is 8.78 Å². The molecule has 0 N–H and O–H groups in total. The van der Waals surface area contributed by atoms with Gasteiger partial charge in [0.1, 0.15) is 0 Å². The lowest BCUT2D eigenvalue weighted by molar-refractivity contribution is 0.303. The second-order valence-electron chi connectivity index (χ2n) is 8.35. The van der Waals surface area contributed by atoms with Crippen LogP contribution in [0.1, 0.15) is 82.3 Å². The summed E-state index contributed by atoms with van der Waals surface area (Å²) in [6.45, 7) is 4.21. The van der Waals surface area contributed by atoms with Gasteiger partial charge in [-0.25, -0.2) is 0 Å². The Morgan fingerprint density at radius 3 is 2.19 bits per heavy atom. The van der Waals surface area contributed by atoms with E-state index in [1.807, 2.05) is 12.1 Å². The van der Waals surface area contributed by atoms with Crippen LogP contribution in [0.2, 0.25) is 0 Å². The van der Waals surface area contributed by atoms with Gasteiger partial charge >= 0.3 is 0 Å². The first-order chi connectivity index (χ1) is 15.0. The predicted molar refractivity (Wildman–Crippen MR) is 125 cm³/mol. The van der Waals surface area contributed by atoms with Crippen molar-refractivity contribution in [3.63, 3.8) is 0 Å². The molecule has 1 aliphatic carbocycles. The summed E-state index contributed by atoms with van der Waals surface area (Å²) in [6, 6.07) is 10.7. The Labute approximate surface area is 190 Å². The lowest BCUT2D eigenvalue weighted by Crippen LogP contribution is -2.14. The van der Waals surface area contributed by atoms with E-state index in [1.165, 1.54) is 69.1 Å². The molecule has 0 saturated heterocycles. The molecule has 1 saturated carbocycles. The van der Waals surface area contributed by atoms with Crippen LogP contribution in [0, 0.1) is 17.6 Å². The van der Waals surface area contributed by atoms with Crippen molar-refractivity contribution in [2.75, 3.05) is 6.61 Å². The van der Waals surface area contributed by atoms with E-state index in [0.717, 1.165) is 5.92 Å². The van der Waals surface area contributed by atoms with Crippen molar-refractivity contribution < 1.29 is 18.3 Å². The summed E-state index contributed by atoms with van der Waals surface area (Å²) in [5, 5.41) is 0.119. The fraction of sp³-hybridized carbons (Fsp3) is 0.500. The molecule has 3 rings (SSSR count). The highest BCUT2D eigenvalue weighted by Crippen LogP contribution is 2.38. The van der Waals surface area contributed by atoms with Gasteiger partial charge in [-0.05, 0) is 74.4 Å². The van der Waals surface area contributed by atoms with Gasteiger partial charge in [0.05, 0.1) is 6.61 Å². The molecule has 0 atom stereocenters. The standard InChI is InChI=1S/C26H32F2O2S/c1-3-5-6-7-18-8-10-19(11-9-18)20-12-14-21(15-13-20)26(31)30-23-17-16-22(29-4-2)24(27)25(23)28/h12-19H,3-11H2,1-2H3. The van der Waals surface area contributed by atoms with Gasteiger partial charge < -0.3 is 9.47 Å². The van der Waals surface area contributed by atoms with Crippen molar-refractivity contribution in [2.45, 2.75) is 71.1 Å². The number of hydrogen-bond acceptors (Lipinski definition) is 3. The van der Waals surface area contributed by atoms with Gasteiger partial charge in [-0.15, -0.1) is 0 Å². The molecular weight excluding hydrogens is 414 g/mol. The van der Waals surface area contributed by atoms with Crippen LogP contribution in [0.4, 0.5) is 8.78 Å². The Bertz CT molecular complexity index is 858. The Morgan fingerprint density at radius 1 is 0.903 bits per heavy atom. The quantitative estimate of drug-likeness (QED) is 0.287. The summed E-state index contributed by atoms with van der Waals surface area (Å²) in [7, 11) is 0. The van der Waals surface area contributed by atoms with Crippen LogP contribution < -0.4 is 9.47 Å². The van der Waals surface area contributed by atoms with Gasteiger partial charge in [0.15, 0.2) is 16.5 Å². The molecule has 5 heteroatoms. The van der Waals surface area contributed by atoms with E-state index in [1.54, 1.807) is 6.92 Å². The van der Waals surface area contributed by atoms with E-state index in [2.05, 4.69) is 19.1 Å². The highest BCUT2D eigenvalue weighted by atomic mass is 32.1. The number of ether oxygens (including phenoxy) is 2. The van der Waals surface area contributed by atoms with Crippen molar-refractivity contribution in [2.24, 2.45) is 5.92 Å². The molecule has 1 fully saturated rings. The fourth-order valence-corrected chi connectivity index (χ4v) is 4.60. The minimum absolute atomic E-state index is 0.119. The molecule has 0 amide bonds. The van der Waals surface area contributed by atoms with Gasteiger partial charge in [0, 0.05) is 5.56 Å². The maximum atomic E-state index is 14.3. The zero-order valence-electron chi connectivity index (χ0n) is 18.5. The first kappa shape index (κ1) is 23.6. The van der Waals surface area contributed by atoms with E-state index < -0.39 is 11.6 Å². The molecule has 0 radical (unpaired) electrons. The first-order valence-corrected chi connectivity index (χ1v) is 11.9. The smallest absolute Gasteiger partial charge is 0.205 e. The number of halogens is 2. The van der Waals surface area contributed by atoms with Crippen molar-refractivity contribution in [1.82, 2.24) is 0 Å². The largest absolute Gasteiger partial charge is 0.491 e. The van der Waals surface area contributed by atoms with Gasteiger partial charge in [0.25, 0.3) is 0 Å². The van der Waals surface area contributed by atoms with E-state index in [4.69, 9.17) is 21.7 Å². The summed E-state index contributed by atoms with van der Waals surface area (Å²) < 4.78 is 38.8. The highest BCUT2D eigenvalue weighted by molar-refractivity contribution is 7.80. The molecule has 2 aromatic carbocycles. The van der Waals surface area contributed by atoms with Crippen molar-refractivity contribution in [1.29, 1.82) is 0 Å². The van der Waals surface area contributed by atoms with E-state index in [9.17, 15) is 8.78 Å². The van der Waals surface area contributed by atoms with Crippen LogP contribution in [0.25, 0.3) is 0 Å². The fourth-order valence-electron chi connectivity index (χ4n) is 4.38. The zero-order valence-corrected chi connectivity index (χ0v) is 19.3. The summed E-state index contributed by atoms with van der Waals surface area (Å²) in [4.78, 5) is 0. The lowest BCUT2D eigenvalue weighted by Gasteiger charge is -2.29. The number of unbranched alkanes of at least 4 members (excludes halogenated alkanes) is 2. The topological polar surface area (TPSA) is 18.5 Å². The molecule has 1 aliphatic rings. The van der Waals surface area contributed by atoms with E-state index in [-0.39, 0.29) is 23.2 Å². The molecule has 0 aromatic heterocycles. The molecule has 0 spiro atoms. The van der Waals surface area contributed by atoms with Gasteiger partial charge in [-0.1, -0.05) is 56.9 Å². The summed E-state index contributed by atoms with van der Waals surface area (Å²) in [5.74, 6) is -1.07. The predicted octanol–water partition coefficient (Wildman–Crippen LogP) is 7.97. The molecule has 168 valence electrons. The average molecular weight is 447 g/mol. The first-order valence-electron chi connectivity index (χ1n) is 11.5. The minimum Gasteiger partial charge on any atom is -0.491 e. The van der Waals surface area contributed by atoms with Gasteiger partial charge in [0.2, 0.25) is 11.6 Å². The third-order valence-corrected chi connectivity index (χ3v) is 6.51. The van der Waals surface area contributed by atoms with Crippen LogP contribution in [0.5, 0.6) is 11.5 Å². The Hall–Kier alpha value is -2.01. The van der Waals surface area contributed by atoms with Crippen molar-refractivity contribution >= 4 is 17.3 Å². The van der Waals surface area contributed by atoms with Crippen molar-refractivity contribution in [3.8, 4) is 11.5 Å². The van der Waals surface area contributed by atoms with Crippen LogP contribution in [0.3, 0.4) is 0 Å². The molecule has 31 heavy (non-hydrogen) atoms.